The maximum absolute atomic E-state index is 12.5. The molecule has 2 atom stereocenters. The molecule has 0 bridgehead atoms. The summed E-state index contributed by atoms with van der Waals surface area (Å²) >= 11 is 0. The van der Waals surface area contributed by atoms with Gasteiger partial charge in [-0.1, -0.05) is 0 Å². The molecular weight excluding hydrogens is 233 g/mol. The van der Waals surface area contributed by atoms with E-state index >= 15 is 0 Å². The molecule has 1 rings (SSSR count). The van der Waals surface area contributed by atoms with E-state index in [0.29, 0.717) is 0 Å². The zero-order valence-electron chi connectivity index (χ0n) is 8.46. The molecule has 0 spiro atoms. The van der Waals surface area contributed by atoms with Gasteiger partial charge in [-0.2, -0.15) is 0 Å². The Morgan fingerprint density at radius 2 is 1.71 bits per heavy atom. The van der Waals surface area contributed by atoms with E-state index in [1.165, 1.54) is 12.1 Å². The van der Waals surface area contributed by atoms with Gasteiger partial charge >= 0.3 is 0 Å². The average Bonchev–Trinajstić information content (AvgIpc) is 2.30. The largest absolute Gasteiger partial charge is 0.547 e. The number of anilines is 1. The van der Waals surface area contributed by atoms with Crippen molar-refractivity contribution in [3.05, 3.63) is 30.1 Å². The predicted octanol–water partition coefficient (Wildman–Crippen LogP) is -1.76. The van der Waals surface area contributed by atoms with E-state index in [-0.39, 0.29) is 5.69 Å². The van der Waals surface area contributed by atoms with Gasteiger partial charge in [-0.25, -0.2) is 4.39 Å². The molecule has 3 N–H and O–H groups in total. The highest BCUT2D eigenvalue weighted by atomic mass is 19.1. The van der Waals surface area contributed by atoms with Crippen LogP contribution in [0.15, 0.2) is 24.3 Å². The summed E-state index contributed by atoms with van der Waals surface area (Å²) in [5.41, 5.74) is 0.154. The summed E-state index contributed by atoms with van der Waals surface area (Å²) in [6, 6.07) is 4.56. The zero-order valence-corrected chi connectivity index (χ0v) is 8.46. The van der Waals surface area contributed by atoms with E-state index < -0.39 is 29.9 Å². The van der Waals surface area contributed by atoms with Gasteiger partial charge in [-0.3, -0.25) is 4.79 Å². The number of rotatable bonds is 4. The number of aliphatic carboxylic acids is 1. The van der Waals surface area contributed by atoms with E-state index in [1.54, 1.807) is 0 Å². The second-order valence-corrected chi connectivity index (χ2v) is 3.20. The Balaban J connectivity index is 2.66. The van der Waals surface area contributed by atoms with Crippen molar-refractivity contribution in [3.63, 3.8) is 0 Å². The number of benzene rings is 1. The number of hydrogen-bond donors (Lipinski definition) is 3. The fraction of sp³-hybridized carbons (Fsp3) is 0.200. The van der Waals surface area contributed by atoms with Crippen molar-refractivity contribution < 1.29 is 29.3 Å². The van der Waals surface area contributed by atoms with Crippen molar-refractivity contribution in [2.45, 2.75) is 12.2 Å². The zero-order chi connectivity index (χ0) is 13.0. The minimum absolute atomic E-state index is 0.154. The smallest absolute Gasteiger partial charge is 0.256 e. The van der Waals surface area contributed by atoms with Crippen molar-refractivity contribution in [3.8, 4) is 0 Å². The quantitative estimate of drug-likeness (QED) is 0.579. The van der Waals surface area contributed by atoms with Crippen LogP contribution < -0.4 is 10.4 Å². The molecule has 0 fully saturated rings. The number of carbonyl (C=O) groups excluding carboxylic acids is 2. The lowest BCUT2D eigenvalue weighted by molar-refractivity contribution is -0.317. The van der Waals surface area contributed by atoms with Crippen molar-refractivity contribution in [2.75, 3.05) is 5.32 Å². The van der Waals surface area contributed by atoms with Crippen LogP contribution in [0.2, 0.25) is 0 Å². The summed E-state index contributed by atoms with van der Waals surface area (Å²) in [7, 11) is 0. The van der Waals surface area contributed by atoms with Crippen molar-refractivity contribution in [2.24, 2.45) is 0 Å². The van der Waals surface area contributed by atoms with Crippen LogP contribution in [-0.4, -0.2) is 34.3 Å². The van der Waals surface area contributed by atoms with E-state index in [9.17, 15) is 19.1 Å². The SMILES string of the molecule is O=C([O-])[C@@H](O)[C@H](O)C(=O)Nc1ccc(F)cc1. The van der Waals surface area contributed by atoms with Crippen molar-refractivity contribution in [1.82, 2.24) is 0 Å². The number of nitrogens with one attached hydrogen (secondary N) is 1. The minimum Gasteiger partial charge on any atom is -0.547 e. The summed E-state index contributed by atoms with van der Waals surface area (Å²) < 4.78 is 12.5. The molecule has 0 heterocycles. The van der Waals surface area contributed by atoms with Gasteiger partial charge in [-0.15, -0.1) is 0 Å². The first kappa shape index (κ1) is 13.1. The van der Waals surface area contributed by atoms with E-state index in [2.05, 4.69) is 5.32 Å². The molecule has 0 radical (unpaired) electrons. The highest BCUT2D eigenvalue weighted by molar-refractivity contribution is 5.96. The third kappa shape index (κ3) is 3.51. The highest BCUT2D eigenvalue weighted by Crippen LogP contribution is 2.09. The summed E-state index contributed by atoms with van der Waals surface area (Å²) in [5, 5.41) is 30.3. The van der Waals surface area contributed by atoms with E-state index in [4.69, 9.17) is 10.2 Å². The standard InChI is InChI=1S/C10H10FNO5/c11-5-1-3-6(4-2-5)12-9(15)7(13)8(14)10(16)17/h1-4,7-8,13-14H,(H,12,15)(H,16,17)/p-1/t7-,8-/m0/s1. The van der Waals surface area contributed by atoms with E-state index in [1.807, 2.05) is 0 Å². The number of carboxylic acids is 1. The molecule has 0 unspecified atom stereocenters. The second kappa shape index (κ2) is 5.37. The lowest BCUT2D eigenvalue weighted by atomic mass is 10.2. The Morgan fingerprint density at radius 3 is 2.18 bits per heavy atom. The van der Waals surface area contributed by atoms with Crippen LogP contribution in [0, 0.1) is 5.82 Å². The summed E-state index contributed by atoms with van der Waals surface area (Å²) in [5.74, 6) is -3.61. The van der Waals surface area contributed by atoms with Crippen LogP contribution in [0.3, 0.4) is 0 Å². The molecule has 0 saturated heterocycles. The Morgan fingerprint density at radius 1 is 1.18 bits per heavy atom. The number of carboxylic acid groups (broad SMARTS) is 1. The van der Waals surface area contributed by atoms with Crippen LogP contribution in [0.25, 0.3) is 0 Å². The number of aliphatic hydroxyl groups excluding tert-OH is 2. The molecule has 92 valence electrons. The minimum atomic E-state index is -2.32. The molecule has 1 aromatic rings. The van der Waals surface area contributed by atoms with Gasteiger partial charge in [0.2, 0.25) is 0 Å². The van der Waals surface area contributed by atoms with Gasteiger partial charge in [-0.05, 0) is 24.3 Å². The maximum Gasteiger partial charge on any atom is 0.256 e. The number of halogens is 1. The fourth-order valence-electron chi connectivity index (χ4n) is 1.02. The van der Waals surface area contributed by atoms with Crippen LogP contribution in [0.4, 0.5) is 10.1 Å². The van der Waals surface area contributed by atoms with Crippen molar-refractivity contribution >= 4 is 17.6 Å². The molecule has 0 aliphatic heterocycles. The molecule has 0 aliphatic carbocycles. The average molecular weight is 242 g/mol. The normalized spacial score (nSPS) is 13.8. The second-order valence-electron chi connectivity index (χ2n) is 3.20. The van der Waals surface area contributed by atoms with Crippen LogP contribution in [0.1, 0.15) is 0 Å². The van der Waals surface area contributed by atoms with Gasteiger partial charge in [0.05, 0.1) is 5.97 Å². The molecule has 1 aromatic carbocycles. The van der Waals surface area contributed by atoms with Gasteiger partial charge in [0, 0.05) is 5.69 Å². The Labute approximate surface area is 95.3 Å². The third-order valence-electron chi connectivity index (χ3n) is 1.92. The maximum atomic E-state index is 12.5. The van der Waals surface area contributed by atoms with Crippen LogP contribution in [0.5, 0.6) is 0 Å². The summed E-state index contributed by atoms with van der Waals surface area (Å²) in [6.45, 7) is 0. The lowest BCUT2D eigenvalue weighted by Crippen LogP contribution is -2.48. The predicted molar refractivity (Wildman–Crippen MR) is 52.1 cm³/mol. The molecule has 17 heavy (non-hydrogen) atoms. The number of amides is 1. The molecule has 0 saturated carbocycles. The third-order valence-corrected chi connectivity index (χ3v) is 1.92. The van der Waals surface area contributed by atoms with Gasteiger partial charge in [0.25, 0.3) is 5.91 Å². The van der Waals surface area contributed by atoms with Gasteiger partial charge in [0.15, 0.2) is 6.10 Å². The molecule has 7 heteroatoms. The first-order valence-corrected chi connectivity index (χ1v) is 4.55. The molecule has 0 aliphatic rings. The Hall–Kier alpha value is -1.99. The van der Waals surface area contributed by atoms with Gasteiger partial charge in [0.1, 0.15) is 11.9 Å². The Bertz CT molecular complexity index is 419. The first-order chi connectivity index (χ1) is 7.91. The highest BCUT2D eigenvalue weighted by Gasteiger charge is 2.25. The van der Waals surface area contributed by atoms with E-state index in [0.717, 1.165) is 12.1 Å². The topological polar surface area (TPSA) is 110 Å². The number of hydrogen-bond acceptors (Lipinski definition) is 5. The number of aliphatic hydroxyl groups is 2. The first-order valence-electron chi connectivity index (χ1n) is 4.55. The van der Waals surface area contributed by atoms with Crippen molar-refractivity contribution in [1.29, 1.82) is 0 Å². The fourth-order valence-corrected chi connectivity index (χ4v) is 1.02. The summed E-state index contributed by atoms with van der Waals surface area (Å²) in [4.78, 5) is 21.4. The molecule has 6 nitrogen and oxygen atoms in total. The van der Waals surface area contributed by atoms with Crippen LogP contribution >= 0.6 is 0 Å². The monoisotopic (exact) mass is 242 g/mol. The van der Waals surface area contributed by atoms with Crippen LogP contribution in [-0.2, 0) is 9.59 Å². The number of carbonyl (C=O) groups is 2. The lowest BCUT2D eigenvalue weighted by Gasteiger charge is -2.17. The summed E-state index contributed by atoms with van der Waals surface area (Å²) in [6.07, 6.45) is -4.49. The van der Waals surface area contributed by atoms with Gasteiger partial charge < -0.3 is 25.4 Å². The molecular formula is C10H9FNO5-. The molecule has 1 amide bonds. The Kier molecular flexibility index (Phi) is 4.13. The molecule has 0 aromatic heterocycles.